The summed E-state index contributed by atoms with van der Waals surface area (Å²) < 4.78 is 13.9. The highest BCUT2D eigenvalue weighted by atomic mass is 19.1. The van der Waals surface area contributed by atoms with Gasteiger partial charge in [-0.3, -0.25) is 14.4 Å². The number of aryl methyl sites for hydroxylation is 1. The minimum Gasteiger partial charge on any atom is -0.354 e. The normalized spacial score (nSPS) is 14.7. The molecule has 0 aliphatic carbocycles. The van der Waals surface area contributed by atoms with Gasteiger partial charge in [0, 0.05) is 37.4 Å². The van der Waals surface area contributed by atoms with Crippen molar-refractivity contribution in [2.45, 2.75) is 27.2 Å². The third kappa shape index (κ3) is 3.69. The summed E-state index contributed by atoms with van der Waals surface area (Å²) in [5, 5.41) is 0. The van der Waals surface area contributed by atoms with Crippen molar-refractivity contribution in [1.29, 1.82) is 0 Å². The van der Waals surface area contributed by atoms with Gasteiger partial charge in [-0.15, -0.1) is 0 Å². The van der Waals surface area contributed by atoms with Gasteiger partial charge >= 0.3 is 0 Å². The zero-order chi connectivity index (χ0) is 20.4. The number of halogens is 1. The molecule has 1 fully saturated rings. The standard InChI is InChI=1S/C21H24FN3O3/c1-13-18(15(3)26)14(2)23-19(13)21(28)25-10-6-9-24(11-12-25)20(27)16-7-4-5-8-17(16)22/h4-5,7-8,23H,6,9-12H2,1-3H3. The van der Waals surface area contributed by atoms with Gasteiger partial charge in [0.2, 0.25) is 0 Å². The van der Waals surface area contributed by atoms with E-state index in [1.807, 2.05) is 0 Å². The lowest BCUT2D eigenvalue weighted by Crippen LogP contribution is -2.38. The number of hydrogen-bond donors (Lipinski definition) is 1. The van der Waals surface area contributed by atoms with Crippen molar-refractivity contribution in [3.63, 3.8) is 0 Å². The maximum Gasteiger partial charge on any atom is 0.270 e. The van der Waals surface area contributed by atoms with E-state index in [0.717, 1.165) is 0 Å². The lowest BCUT2D eigenvalue weighted by molar-refractivity contribution is 0.0713. The van der Waals surface area contributed by atoms with Gasteiger partial charge in [0.05, 0.1) is 5.56 Å². The van der Waals surface area contributed by atoms with Crippen LogP contribution in [-0.4, -0.2) is 58.6 Å². The highest BCUT2D eigenvalue weighted by molar-refractivity contribution is 6.02. The molecule has 1 aromatic carbocycles. The third-order valence-electron chi connectivity index (χ3n) is 5.18. The van der Waals surface area contributed by atoms with E-state index in [1.165, 1.54) is 19.1 Å². The van der Waals surface area contributed by atoms with Crippen LogP contribution in [0.1, 0.15) is 55.8 Å². The molecule has 2 heterocycles. The predicted octanol–water partition coefficient (Wildman–Crippen LogP) is 2.96. The van der Waals surface area contributed by atoms with Gasteiger partial charge in [0.1, 0.15) is 11.5 Å². The van der Waals surface area contributed by atoms with Crippen LogP contribution in [0.2, 0.25) is 0 Å². The fourth-order valence-corrected chi connectivity index (χ4v) is 3.78. The number of Topliss-reactive ketones (excluding diaryl/α,β-unsaturated/α-hetero) is 1. The van der Waals surface area contributed by atoms with Crippen LogP contribution in [0.15, 0.2) is 24.3 Å². The maximum absolute atomic E-state index is 13.9. The molecule has 0 saturated carbocycles. The minimum absolute atomic E-state index is 0.0456. The molecule has 0 atom stereocenters. The van der Waals surface area contributed by atoms with Gasteiger partial charge in [-0.25, -0.2) is 4.39 Å². The maximum atomic E-state index is 13.9. The number of nitrogens with zero attached hydrogens (tertiary/aromatic N) is 2. The molecule has 28 heavy (non-hydrogen) atoms. The monoisotopic (exact) mass is 385 g/mol. The van der Waals surface area contributed by atoms with Crippen LogP contribution in [0, 0.1) is 19.7 Å². The predicted molar refractivity (Wildman–Crippen MR) is 103 cm³/mol. The molecule has 7 heteroatoms. The van der Waals surface area contributed by atoms with Crippen molar-refractivity contribution in [3.8, 4) is 0 Å². The summed E-state index contributed by atoms with van der Waals surface area (Å²) in [7, 11) is 0. The number of ketones is 1. The summed E-state index contributed by atoms with van der Waals surface area (Å²) in [5.41, 5.74) is 2.34. The quantitative estimate of drug-likeness (QED) is 0.826. The van der Waals surface area contributed by atoms with E-state index >= 15 is 0 Å². The highest BCUT2D eigenvalue weighted by Gasteiger charge is 2.27. The Kier molecular flexibility index (Phi) is 5.63. The SMILES string of the molecule is CC(=O)c1c(C)[nH]c(C(=O)N2CCCN(C(=O)c3ccccc3F)CC2)c1C. The summed E-state index contributed by atoms with van der Waals surface area (Å²) in [6.07, 6.45) is 0.601. The summed E-state index contributed by atoms with van der Waals surface area (Å²) in [6.45, 7) is 6.65. The number of aromatic nitrogens is 1. The van der Waals surface area contributed by atoms with Crippen LogP contribution in [0.3, 0.4) is 0 Å². The summed E-state index contributed by atoms with van der Waals surface area (Å²) in [6, 6.07) is 5.92. The van der Waals surface area contributed by atoms with E-state index in [0.29, 0.717) is 55.1 Å². The van der Waals surface area contributed by atoms with Gasteiger partial charge in [-0.1, -0.05) is 12.1 Å². The number of hydrogen-bond acceptors (Lipinski definition) is 3. The van der Waals surface area contributed by atoms with Gasteiger partial charge in [-0.05, 0) is 44.9 Å². The van der Waals surface area contributed by atoms with Gasteiger partial charge in [-0.2, -0.15) is 0 Å². The van der Waals surface area contributed by atoms with Crippen LogP contribution in [0.25, 0.3) is 0 Å². The molecular formula is C21H24FN3O3. The second kappa shape index (κ2) is 7.96. The fraction of sp³-hybridized carbons (Fsp3) is 0.381. The Balaban J connectivity index is 1.74. The summed E-state index contributed by atoms with van der Waals surface area (Å²) in [5.74, 6) is -1.17. The lowest BCUT2D eigenvalue weighted by Gasteiger charge is -2.22. The molecule has 3 rings (SSSR count). The Morgan fingerprint density at radius 2 is 1.57 bits per heavy atom. The molecule has 148 valence electrons. The van der Waals surface area contributed by atoms with Crippen LogP contribution < -0.4 is 0 Å². The van der Waals surface area contributed by atoms with Crippen LogP contribution in [-0.2, 0) is 0 Å². The molecule has 0 radical (unpaired) electrons. The summed E-state index contributed by atoms with van der Waals surface area (Å²) in [4.78, 5) is 43.7. The molecule has 0 spiro atoms. The molecule has 1 aliphatic rings. The second-order valence-corrected chi connectivity index (χ2v) is 7.10. The van der Waals surface area contributed by atoms with Crippen molar-refractivity contribution in [2.75, 3.05) is 26.2 Å². The van der Waals surface area contributed by atoms with Crippen LogP contribution >= 0.6 is 0 Å². The molecule has 0 bridgehead atoms. The van der Waals surface area contributed by atoms with E-state index in [-0.39, 0.29) is 23.2 Å². The smallest absolute Gasteiger partial charge is 0.270 e. The zero-order valence-electron chi connectivity index (χ0n) is 16.3. The number of rotatable bonds is 3. The third-order valence-corrected chi connectivity index (χ3v) is 5.18. The van der Waals surface area contributed by atoms with Crippen molar-refractivity contribution in [1.82, 2.24) is 14.8 Å². The molecule has 1 aliphatic heterocycles. The number of nitrogens with one attached hydrogen (secondary N) is 1. The highest BCUT2D eigenvalue weighted by Crippen LogP contribution is 2.21. The lowest BCUT2D eigenvalue weighted by atomic mass is 10.1. The molecule has 1 aromatic heterocycles. The molecule has 6 nitrogen and oxygen atoms in total. The van der Waals surface area contributed by atoms with Gasteiger partial charge in [0.25, 0.3) is 11.8 Å². The molecule has 0 unspecified atom stereocenters. The number of H-pyrrole nitrogens is 1. The first-order chi connectivity index (χ1) is 13.3. The van der Waals surface area contributed by atoms with Gasteiger partial charge < -0.3 is 14.8 Å². The second-order valence-electron chi connectivity index (χ2n) is 7.10. The molecule has 2 amide bonds. The van der Waals surface area contributed by atoms with Gasteiger partial charge in [0.15, 0.2) is 5.78 Å². The van der Waals surface area contributed by atoms with E-state index in [1.54, 1.807) is 35.8 Å². The minimum atomic E-state index is -0.543. The molecule has 2 aromatic rings. The Labute approximate surface area is 163 Å². The van der Waals surface area contributed by atoms with Crippen molar-refractivity contribution in [3.05, 3.63) is 58.2 Å². The molecule has 1 N–H and O–H groups in total. The first-order valence-corrected chi connectivity index (χ1v) is 9.34. The Morgan fingerprint density at radius 3 is 2.14 bits per heavy atom. The van der Waals surface area contributed by atoms with Crippen molar-refractivity contribution < 1.29 is 18.8 Å². The Morgan fingerprint density at radius 1 is 0.964 bits per heavy atom. The fourth-order valence-electron chi connectivity index (χ4n) is 3.78. The van der Waals surface area contributed by atoms with Crippen LogP contribution in [0.5, 0.6) is 0 Å². The Bertz CT molecular complexity index is 935. The number of amides is 2. The molecular weight excluding hydrogens is 361 g/mol. The Hall–Kier alpha value is -2.96. The first kappa shape index (κ1) is 19.8. The summed E-state index contributed by atoms with van der Waals surface area (Å²) >= 11 is 0. The van der Waals surface area contributed by atoms with E-state index in [9.17, 15) is 18.8 Å². The number of benzene rings is 1. The van der Waals surface area contributed by atoms with E-state index in [2.05, 4.69) is 4.98 Å². The zero-order valence-corrected chi connectivity index (χ0v) is 16.3. The number of carbonyl (C=O) groups is 3. The van der Waals surface area contributed by atoms with E-state index < -0.39 is 5.82 Å². The average Bonchev–Trinajstić information content (AvgIpc) is 2.83. The van der Waals surface area contributed by atoms with Crippen molar-refractivity contribution >= 4 is 17.6 Å². The van der Waals surface area contributed by atoms with E-state index in [4.69, 9.17) is 0 Å². The average molecular weight is 385 g/mol. The van der Waals surface area contributed by atoms with Crippen LogP contribution in [0.4, 0.5) is 4.39 Å². The van der Waals surface area contributed by atoms with Crippen molar-refractivity contribution in [2.24, 2.45) is 0 Å². The number of carbonyl (C=O) groups excluding carboxylic acids is 3. The number of aromatic amines is 1. The topological polar surface area (TPSA) is 73.5 Å². The largest absolute Gasteiger partial charge is 0.354 e. The molecule has 1 saturated heterocycles. The first-order valence-electron chi connectivity index (χ1n) is 9.34.